The molecule has 2 aromatic rings. The Balaban J connectivity index is 2.03. The molecule has 4 N–H and O–H groups in total. The van der Waals surface area contributed by atoms with Gasteiger partial charge in [-0.2, -0.15) is 0 Å². The quantitative estimate of drug-likeness (QED) is 0.582. The Kier molecular flexibility index (Phi) is 4.66. The minimum absolute atomic E-state index is 0.106. The van der Waals surface area contributed by atoms with Crippen molar-refractivity contribution in [3.8, 4) is 11.5 Å². The van der Waals surface area contributed by atoms with Gasteiger partial charge in [0.2, 0.25) is 0 Å². The summed E-state index contributed by atoms with van der Waals surface area (Å²) in [5, 5.41) is 12.3. The topological polar surface area (TPSA) is 84.6 Å². The van der Waals surface area contributed by atoms with Crippen LogP contribution in [0.25, 0.3) is 0 Å². The summed E-state index contributed by atoms with van der Waals surface area (Å²) >= 11 is 0. The number of amides is 1. The summed E-state index contributed by atoms with van der Waals surface area (Å²) in [4.78, 5) is 12.0. The molecule has 1 amide bonds. The molecule has 0 radical (unpaired) electrons. The van der Waals surface area contributed by atoms with Crippen molar-refractivity contribution in [3.05, 3.63) is 48.0 Å². The number of hydrogen-bond donors (Lipinski definition) is 3. The molecular formula is C16H18N2O3. The Bertz CT molecular complexity index is 624. The number of hydrogen-bond acceptors (Lipinski definition) is 4. The fraction of sp³-hybridized carbons (Fsp3) is 0.188. The average Bonchev–Trinajstić information content (AvgIpc) is 2.49. The lowest BCUT2D eigenvalue weighted by atomic mass is 10.1. The van der Waals surface area contributed by atoms with E-state index in [1.54, 1.807) is 30.3 Å². The van der Waals surface area contributed by atoms with Crippen LogP contribution in [-0.4, -0.2) is 17.6 Å². The van der Waals surface area contributed by atoms with Crippen molar-refractivity contribution in [2.24, 2.45) is 0 Å². The lowest BCUT2D eigenvalue weighted by Gasteiger charge is -2.08. The van der Waals surface area contributed by atoms with E-state index in [1.165, 1.54) is 12.1 Å². The second kappa shape index (κ2) is 6.65. The maximum Gasteiger partial charge on any atom is 0.255 e. The van der Waals surface area contributed by atoms with Gasteiger partial charge in [-0.15, -0.1) is 0 Å². The zero-order valence-corrected chi connectivity index (χ0v) is 11.8. The molecule has 0 aliphatic heterocycles. The number of phenolic OH excluding ortho intramolecular Hbond substituents is 1. The van der Waals surface area contributed by atoms with E-state index in [1.807, 2.05) is 6.92 Å². The Morgan fingerprint density at radius 1 is 1.24 bits per heavy atom. The number of anilines is 2. The Morgan fingerprint density at radius 2 is 1.95 bits per heavy atom. The zero-order chi connectivity index (χ0) is 15.2. The molecule has 0 bridgehead atoms. The lowest BCUT2D eigenvalue weighted by Crippen LogP contribution is -2.11. The summed E-state index contributed by atoms with van der Waals surface area (Å²) < 4.78 is 5.47. The normalized spacial score (nSPS) is 10.1. The van der Waals surface area contributed by atoms with E-state index in [2.05, 4.69) is 5.32 Å². The highest BCUT2D eigenvalue weighted by Gasteiger charge is 2.08. The first kappa shape index (κ1) is 14.7. The molecule has 0 saturated carbocycles. The third kappa shape index (κ3) is 3.89. The molecule has 0 fully saturated rings. The first-order chi connectivity index (χ1) is 10.1. The number of nitrogen functional groups attached to an aromatic ring is 1. The highest BCUT2D eigenvalue weighted by Crippen LogP contribution is 2.22. The SMILES string of the molecule is CCCOc1ccc(NC(=O)c2ccc(N)c(O)c2)cc1. The van der Waals surface area contributed by atoms with Gasteiger partial charge in [-0.3, -0.25) is 4.79 Å². The Hall–Kier alpha value is -2.69. The fourth-order valence-corrected chi connectivity index (χ4v) is 1.74. The van der Waals surface area contributed by atoms with Crippen molar-refractivity contribution in [1.82, 2.24) is 0 Å². The average molecular weight is 286 g/mol. The van der Waals surface area contributed by atoms with Crippen LogP contribution < -0.4 is 15.8 Å². The van der Waals surface area contributed by atoms with Gasteiger partial charge in [0.25, 0.3) is 5.91 Å². The molecule has 21 heavy (non-hydrogen) atoms. The third-order valence-electron chi connectivity index (χ3n) is 2.88. The van der Waals surface area contributed by atoms with Crippen LogP contribution >= 0.6 is 0 Å². The first-order valence-corrected chi connectivity index (χ1v) is 6.73. The van der Waals surface area contributed by atoms with Crippen molar-refractivity contribution in [3.63, 3.8) is 0 Å². The number of phenols is 1. The van der Waals surface area contributed by atoms with Gasteiger partial charge in [0.05, 0.1) is 12.3 Å². The molecule has 2 aromatic carbocycles. The van der Waals surface area contributed by atoms with Gasteiger partial charge in [0.15, 0.2) is 0 Å². The van der Waals surface area contributed by atoms with Crippen LogP contribution in [0, 0.1) is 0 Å². The standard InChI is InChI=1S/C16H18N2O3/c1-2-9-21-13-6-4-12(5-7-13)18-16(20)11-3-8-14(17)15(19)10-11/h3-8,10,19H,2,9,17H2,1H3,(H,18,20). The van der Waals surface area contributed by atoms with Crippen LogP contribution in [0.15, 0.2) is 42.5 Å². The molecule has 0 aliphatic rings. The minimum atomic E-state index is -0.312. The van der Waals surface area contributed by atoms with Gasteiger partial charge in [-0.05, 0) is 48.9 Å². The monoisotopic (exact) mass is 286 g/mol. The summed E-state index contributed by atoms with van der Waals surface area (Å²) in [5.41, 5.74) is 6.74. The van der Waals surface area contributed by atoms with Crippen LogP contribution in [0.4, 0.5) is 11.4 Å². The number of carbonyl (C=O) groups excluding carboxylic acids is 1. The predicted octanol–water partition coefficient (Wildman–Crippen LogP) is 3.02. The first-order valence-electron chi connectivity index (χ1n) is 6.73. The molecule has 0 atom stereocenters. The summed E-state index contributed by atoms with van der Waals surface area (Å²) in [6.07, 6.45) is 0.944. The van der Waals surface area contributed by atoms with Crippen molar-refractivity contribution < 1.29 is 14.6 Å². The maximum absolute atomic E-state index is 12.0. The van der Waals surface area contributed by atoms with Crippen LogP contribution in [-0.2, 0) is 0 Å². The van der Waals surface area contributed by atoms with E-state index in [-0.39, 0.29) is 17.3 Å². The van der Waals surface area contributed by atoms with Crippen molar-refractivity contribution in [1.29, 1.82) is 0 Å². The molecule has 5 heteroatoms. The van der Waals surface area contributed by atoms with Gasteiger partial charge in [-0.1, -0.05) is 6.92 Å². The molecule has 0 unspecified atom stereocenters. The van der Waals surface area contributed by atoms with Gasteiger partial charge < -0.3 is 20.9 Å². The molecule has 2 rings (SSSR count). The van der Waals surface area contributed by atoms with Crippen LogP contribution in [0.2, 0.25) is 0 Å². The van der Waals surface area contributed by atoms with Crippen molar-refractivity contribution in [2.75, 3.05) is 17.7 Å². The predicted molar refractivity (Wildman–Crippen MR) is 82.7 cm³/mol. The van der Waals surface area contributed by atoms with E-state index >= 15 is 0 Å². The summed E-state index contributed by atoms with van der Waals surface area (Å²) in [6.45, 7) is 2.70. The minimum Gasteiger partial charge on any atom is -0.506 e. The molecular weight excluding hydrogens is 268 g/mol. The third-order valence-corrected chi connectivity index (χ3v) is 2.88. The number of aromatic hydroxyl groups is 1. The smallest absolute Gasteiger partial charge is 0.255 e. The Labute approximate surface area is 123 Å². The van der Waals surface area contributed by atoms with E-state index in [0.717, 1.165) is 12.2 Å². The van der Waals surface area contributed by atoms with Crippen LogP contribution in [0.1, 0.15) is 23.7 Å². The van der Waals surface area contributed by atoms with E-state index in [9.17, 15) is 9.90 Å². The molecule has 110 valence electrons. The fourth-order valence-electron chi connectivity index (χ4n) is 1.74. The molecule has 0 heterocycles. The van der Waals surface area contributed by atoms with Crippen LogP contribution in [0.5, 0.6) is 11.5 Å². The van der Waals surface area contributed by atoms with Gasteiger partial charge in [0.1, 0.15) is 11.5 Å². The molecule has 5 nitrogen and oxygen atoms in total. The second-order valence-electron chi connectivity index (χ2n) is 4.60. The van der Waals surface area contributed by atoms with Gasteiger partial charge >= 0.3 is 0 Å². The van der Waals surface area contributed by atoms with Gasteiger partial charge in [-0.25, -0.2) is 0 Å². The van der Waals surface area contributed by atoms with E-state index < -0.39 is 0 Å². The van der Waals surface area contributed by atoms with Crippen molar-refractivity contribution >= 4 is 17.3 Å². The number of rotatable bonds is 5. The van der Waals surface area contributed by atoms with Gasteiger partial charge in [0, 0.05) is 11.3 Å². The van der Waals surface area contributed by atoms with E-state index in [0.29, 0.717) is 17.9 Å². The number of carbonyl (C=O) groups is 1. The summed E-state index contributed by atoms with van der Waals surface area (Å²) in [7, 11) is 0. The number of ether oxygens (including phenoxy) is 1. The number of nitrogens with one attached hydrogen (secondary N) is 1. The molecule has 0 aliphatic carbocycles. The summed E-state index contributed by atoms with van der Waals surface area (Å²) in [6, 6.07) is 11.5. The largest absolute Gasteiger partial charge is 0.506 e. The highest BCUT2D eigenvalue weighted by molar-refractivity contribution is 6.04. The molecule has 0 saturated heterocycles. The molecule has 0 spiro atoms. The Morgan fingerprint density at radius 3 is 2.57 bits per heavy atom. The lowest BCUT2D eigenvalue weighted by molar-refractivity contribution is 0.102. The highest BCUT2D eigenvalue weighted by atomic mass is 16.5. The number of benzene rings is 2. The zero-order valence-electron chi connectivity index (χ0n) is 11.8. The second-order valence-corrected chi connectivity index (χ2v) is 4.60. The summed E-state index contributed by atoms with van der Waals surface area (Å²) in [5.74, 6) is 0.346. The maximum atomic E-state index is 12.0. The molecule has 0 aromatic heterocycles. The number of nitrogens with two attached hydrogens (primary N) is 1. The van der Waals surface area contributed by atoms with Crippen LogP contribution in [0.3, 0.4) is 0 Å². The van der Waals surface area contributed by atoms with Crippen molar-refractivity contribution in [2.45, 2.75) is 13.3 Å². The van der Waals surface area contributed by atoms with E-state index in [4.69, 9.17) is 10.5 Å².